The Bertz CT molecular complexity index is 631. The van der Waals surface area contributed by atoms with Crippen LogP contribution in [0.4, 0.5) is 0 Å². The molecular formula is C13H14N2O4. The highest BCUT2D eigenvalue weighted by Crippen LogP contribution is 2.14. The highest BCUT2D eigenvalue weighted by molar-refractivity contribution is 6.22. The van der Waals surface area contributed by atoms with E-state index in [1.54, 1.807) is 18.2 Å². The number of oxime groups is 1. The van der Waals surface area contributed by atoms with Crippen molar-refractivity contribution in [3.8, 4) is 0 Å². The number of H-pyrrole nitrogens is 1. The van der Waals surface area contributed by atoms with Crippen LogP contribution >= 0.6 is 0 Å². The van der Waals surface area contributed by atoms with Crippen molar-refractivity contribution in [1.82, 2.24) is 5.16 Å². The Hall–Kier alpha value is -2.37. The normalized spacial score (nSPS) is 17.3. The molecule has 0 spiro atoms. The summed E-state index contributed by atoms with van der Waals surface area (Å²) in [5, 5.41) is 6.22. The van der Waals surface area contributed by atoms with E-state index in [2.05, 4.69) is 15.1 Å². The molecule has 6 nitrogen and oxygen atoms in total. The van der Waals surface area contributed by atoms with Crippen molar-refractivity contribution in [2.45, 2.75) is 26.7 Å². The Balaban J connectivity index is 2.24. The minimum atomic E-state index is -0.474. The monoisotopic (exact) mass is 262 g/mol. The fraction of sp³-hybridized carbons (Fsp3) is 0.308. The van der Waals surface area contributed by atoms with Gasteiger partial charge < -0.3 is 9.36 Å². The number of nitrogens with zero attached hydrogens (tertiary/aromatic N) is 1. The largest absolute Gasteiger partial charge is 0.367 e. The molecule has 0 unspecified atom stereocenters. The van der Waals surface area contributed by atoms with Crippen LogP contribution in [0.1, 0.15) is 31.5 Å². The number of allylic oxidation sites excluding steroid dienone is 2. The third-order valence-electron chi connectivity index (χ3n) is 2.80. The predicted molar refractivity (Wildman–Crippen MR) is 69.6 cm³/mol. The van der Waals surface area contributed by atoms with Crippen LogP contribution in [0, 0.1) is 0 Å². The van der Waals surface area contributed by atoms with Crippen molar-refractivity contribution in [2.75, 3.05) is 0 Å². The molecule has 0 saturated carbocycles. The third-order valence-corrected chi connectivity index (χ3v) is 2.80. The Labute approximate surface area is 109 Å². The zero-order chi connectivity index (χ0) is 13.8. The highest BCUT2D eigenvalue weighted by Gasteiger charge is 2.22. The standard InChI is InChI=1S/C13H14N2O4/c1-3-10-8(12(16)18-14-10)6-5-7-9-11(4-2)15-19-13(9)17/h5-7,14H,3-4H2,1-2H3/b6-5+,9-7-. The number of hydrogen-bond donors (Lipinski definition) is 1. The Kier molecular flexibility index (Phi) is 3.79. The van der Waals surface area contributed by atoms with Crippen LogP contribution in [0.15, 0.2) is 32.2 Å². The van der Waals surface area contributed by atoms with Gasteiger partial charge in [-0.25, -0.2) is 14.7 Å². The van der Waals surface area contributed by atoms with Gasteiger partial charge in [0.1, 0.15) is 0 Å². The second-order valence-corrected chi connectivity index (χ2v) is 3.95. The summed E-state index contributed by atoms with van der Waals surface area (Å²) in [4.78, 5) is 27.4. The number of carbonyl (C=O) groups is 1. The van der Waals surface area contributed by atoms with Crippen molar-refractivity contribution >= 4 is 17.8 Å². The third kappa shape index (κ3) is 2.57. The molecule has 6 heteroatoms. The van der Waals surface area contributed by atoms with E-state index in [4.69, 9.17) is 4.52 Å². The molecule has 1 aromatic rings. The average molecular weight is 262 g/mol. The molecule has 2 heterocycles. The van der Waals surface area contributed by atoms with Crippen molar-refractivity contribution < 1.29 is 14.2 Å². The predicted octanol–water partition coefficient (Wildman–Crippen LogP) is 1.79. The lowest BCUT2D eigenvalue weighted by Gasteiger charge is -1.92. The lowest BCUT2D eigenvalue weighted by atomic mass is 10.1. The molecule has 1 aromatic heterocycles. The van der Waals surface area contributed by atoms with Crippen LogP contribution in [-0.4, -0.2) is 16.8 Å². The van der Waals surface area contributed by atoms with Crippen molar-refractivity contribution in [3.63, 3.8) is 0 Å². The van der Waals surface area contributed by atoms with Gasteiger partial charge in [0.15, 0.2) is 0 Å². The molecule has 1 aliphatic rings. The van der Waals surface area contributed by atoms with Gasteiger partial charge in [-0.1, -0.05) is 25.1 Å². The number of aromatic nitrogens is 1. The van der Waals surface area contributed by atoms with E-state index in [0.717, 1.165) is 5.69 Å². The summed E-state index contributed by atoms with van der Waals surface area (Å²) >= 11 is 0. The smallest absolute Gasteiger partial charge is 0.338 e. The Morgan fingerprint density at radius 1 is 1.26 bits per heavy atom. The fourth-order valence-corrected chi connectivity index (χ4v) is 1.74. The van der Waals surface area contributed by atoms with Crippen LogP contribution in [0.3, 0.4) is 0 Å². The van der Waals surface area contributed by atoms with Gasteiger partial charge in [-0.05, 0) is 25.0 Å². The number of hydrogen-bond acceptors (Lipinski definition) is 5. The first-order valence-electron chi connectivity index (χ1n) is 6.04. The SMILES string of the molecule is CCC1=NOC(=O)/C1=C\C=C\c1c(CC)[nH]oc1=O. The second kappa shape index (κ2) is 5.51. The molecule has 0 radical (unpaired) electrons. The number of rotatable bonds is 4. The molecule has 0 aromatic carbocycles. The molecular weight excluding hydrogens is 248 g/mol. The lowest BCUT2D eigenvalue weighted by Crippen LogP contribution is -2.03. The Morgan fingerprint density at radius 2 is 2.05 bits per heavy atom. The summed E-state index contributed by atoms with van der Waals surface area (Å²) in [7, 11) is 0. The minimum Gasteiger partial charge on any atom is -0.338 e. The average Bonchev–Trinajstić information content (AvgIpc) is 2.94. The van der Waals surface area contributed by atoms with Gasteiger partial charge in [-0.15, -0.1) is 0 Å². The minimum absolute atomic E-state index is 0.414. The summed E-state index contributed by atoms with van der Waals surface area (Å²) < 4.78 is 4.70. The summed E-state index contributed by atoms with van der Waals surface area (Å²) in [6.07, 6.45) is 6.08. The number of nitrogens with one attached hydrogen (secondary N) is 1. The van der Waals surface area contributed by atoms with Gasteiger partial charge in [-0.3, -0.25) is 0 Å². The van der Waals surface area contributed by atoms with Gasteiger partial charge >= 0.3 is 11.6 Å². The zero-order valence-corrected chi connectivity index (χ0v) is 10.7. The summed E-state index contributed by atoms with van der Waals surface area (Å²) in [6, 6.07) is 0. The fourth-order valence-electron chi connectivity index (χ4n) is 1.74. The molecule has 0 atom stereocenters. The zero-order valence-electron chi connectivity index (χ0n) is 10.7. The maximum Gasteiger partial charge on any atom is 0.367 e. The lowest BCUT2D eigenvalue weighted by molar-refractivity contribution is -0.136. The summed E-state index contributed by atoms with van der Waals surface area (Å²) in [5.74, 6) is -0.474. The molecule has 1 N–H and O–H groups in total. The van der Waals surface area contributed by atoms with E-state index in [1.807, 2.05) is 13.8 Å². The van der Waals surface area contributed by atoms with Crippen LogP contribution in [0.5, 0.6) is 0 Å². The highest BCUT2D eigenvalue weighted by atomic mass is 16.7. The van der Waals surface area contributed by atoms with E-state index in [0.29, 0.717) is 29.7 Å². The van der Waals surface area contributed by atoms with E-state index in [9.17, 15) is 9.59 Å². The Morgan fingerprint density at radius 3 is 2.74 bits per heavy atom. The van der Waals surface area contributed by atoms with Crippen LogP contribution in [-0.2, 0) is 16.1 Å². The molecule has 19 heavy (non-hydrogen) atoms. The maximum absolute atomic E-state index is 11.4. The van der Waals surface area contributed by atoms with E-state index >= 15 is 0 Å². The van der Waals surface area contributed by atoms with Crippen LogP contribution in [0.2, 0.25) is 0 Å². The molecule has 0 fully saturated rings. The van der Waals surface area contributed by atoms with Gasteiger partial charge in [0.2, 0.25) is 0 Å². The first kappa shape index (κ1) is 13.1. The van der Waals surface area contributed by atoms with E-state index < -0.39 is 11.6 Å². The molecule has 1 aliphatic heterocycles. The quantitative estimate of drug-likeness (QED) is 0.662. The van der Waals surface area contributed by atoms with Gasteiger partial charge in [0.05, 0.1) is 22.5 Å². The number of aromatic amines is 1. The van der Waals surface area contributed by atoms with Crippen LogP contribution < -0.4 is 5.63 Å². The maximum atomic E-state index is 11.4. The van der Waals surface area contributed by atoms with Crippen molar-refractivity contribution in [1.29, 1.82) is 0 Å². The molecule has 0 bridgehead atoms. The number of carbonyl (C=O) groups excluding carboxylic acids is 1. The van der Waals surface area contributed by atoms with E-state index in [-0.39, 0.29) is 0 Å². The van der Waals surface area contributed by atoms with Gasteiger partial charge in [-0.2, -0.15) is 0 Å². The van der Waals surface area contributed by atoms with Gasteiger partial charge in [0.25, 0.3) is 0 Å². The van der Waals surface area contributed by atoms with Crippen molar-refractivity contribution in [3.05, 3.63) is 39.4 Å². The molecule has 2 rings (SSSR count). The molecule has 100 valence electrons. The van der Waals surface area contributed by atoms with E-state index in [1.165, 1.54) is 0 Å². The molecule has 0 aliphatic carbocycles. The summed E-state index contributed by atoms with van der Waals surface area (Å²) in [6.45, 7) is 3.79. The first-order valence-corrected chi connectivity index (χ1v) is 6.04. The second-order valence-electron chi connectivity index (χ2n) is 3.95. The summed E-state index contributed by atoms with van der Waals surface area (Å²) in [5.41, 5.74) is 1.77. The first-order chi connectivity index (χ1) is 9.17. The number of aryl methyl sites for hydroxylation is 1. The topological polar surface area (TPSA) is 84.7 Å². The molecule has 0 saturated heterocycles. The van der Waals surface area contributed by atoms with Gasteiger partial charge in [0, 0.05) is 0 Å². The molecule has 0 amide bonds. The van der Waals surface area contributed by atoms with Crippen LogP contribution in [0.25, 0.3) is 6.08 Å². The van der Waals surface area contributed by atoms with Crippen molar-refractivity contribution in [2.24, 2.45) is 5.16 Å².